The second kappa shape index (κ2) is 6.14. The number of carbonyl (C=O) groups is 1. The Morgan fingerprint density at radius 3 is 2.48 bits per heavy atom. The highest BCUT2D eigenvalue weighted by atomic mass is 35.5. The van der Waals surface area contributed by atoms with Gasteiger partial charge in [0.2, 0.25) is 5.67 Å². The maximum atomic E-state index is 15.5. The Kier molecular flexibility index (Phi) is 4.12. The third-order valence-corrected chi connectivity index (χ3v) is 5.50. The second-order valence-corrected chi connectivity index (χ2v) is 7.16. The number of amides is 1. The Bertz CT molecular complexity index is 909. The summed E-state index contributed by atoms with van der Waals surface area (Å²) in [5, 5.41) is 8.90. The molecular formula is C19H15ClF3NO3. The predicted molar refractivity (Wildman–Crippen MR) is 91.2 cm³/mol. The number of fused-ring (bicyclic) bond motifs is 1. The molecule has 2 aliphatic rings. The van der Waals surface area contributed by atoms with Gasteiger partial charge in [0.25, 0.3) is 11.8 Å². The number of halogens is 4. The highest BCUT2D eigenvalue weighted by molar-refractivity contribution is 6.32. The molecule has 3 atom stereocenters. The monoisotopic (exact) mass is 397 g/mol. The number of hydrogen-bond acceptors (Lipinski definition) is 3. The van der Waals surface area contributed by atoms with Gasteiger partial charge >= 0.3 is 0 Å². The quantitative estimate of drug-likeness (QED) is 0.599. The fourth-order valence-corrected chi connectivity index (χ4v) is 4.17. The summed E-state index contributed by atoms with van der Waals surface area (Å²) in [5.74, 6) is -6.50. The number of ether oxygens (including phenoxy) is 1. The molecule has 2 aromatic rings. The minimum atomic E-state index is -3.16. The molecule has 27 heavy (non-hydrogen) atoms. The average molecular weight is 398 g/mol. The van der Waals surface area contributed by atoms with Crippen LogP contribution < -0.4 is 10.2 Å². The molecule has 8 heteroatoms. The van der Waals surface area contributed by atoms with Crippen LogP contribution in [0.1, 0.15) is 34.9 Å². The maximum Gasteiger partial charge on any atom is 0.282 e. The lowest BCUT2D eigenvalue weighted by Crippen LogP contribution is -2.33. The Hall–Kier alpha value is -2.25. The van der Waals surface area contributed by atoms with Gasteiger partial charge in [-0.1, -0.05) is 41.9 Å². The standard InChI is InChI=1S/C19H15ClF3NO3/c20-13-9-11(8-12-16(13)27-7-6-18(12,21)22)15-14(10-4-2-1-3-5-10)19(15,23)17(25)24-26/h1-5,8-9,14-15,26H,6-7H2,(H,24,25)/t14-,15-,19+/m1/s1. The first-order valence-corrected chi connectivity index (χ1v) is 8.71. The molecule has 1 saturated carbocycles. The van der Waals surface area contributed by atoms with E-state index >= 15 is 4.39 Å². The molecule has 2 aromatic carbocycles. The average Bonchev–Trinajstić information content (AvgIpc) is 3.29. The zero-order chi connectivity index (χ0) is 19.4. The number of alkyl halides is 3. The van der Waals surface area contributed by atoms with E-state index in [0.29, 0.717) is 5.56 Å². The molecule has 0 aromatic heterocycles. The van der Waals surface area contributed by atoms with Gasteiger partial charge in [0.1, 0.15) is 5.75 Å². The van der Waals surface area contributed by atoms with Gasteiger partial charge in [-0.15, -0.1) is 0 Å². The summed E-state index contributed by atoms with van der Waals surface area (Å²) >= 11 is 6.12. The van der Waals surface area contributed by atoms with E-state index in [1.54, 1.807) is 30.3 Å². The number of nitrogens with one attached hydrogen (secondary N) is 1. The molecule has 1 aliphatic heterocycles. The molecule has 2 N–H and O–H groups in total. The van der Waals surface area contributed by atoms with Crippen LogP contribution in [0.3, 0.4) is 0 Å². The number of hydroxylamine groups is 1. The van der Waals surface area contributed by atoms with E-state index in [1.165, 1.54) is 11.5 Å². The van der Waals surface area contributed by atoms with Crippen molar-refractivity contribution in [1.29, 1.82) is 0 Å². The molecule has 1 heterocycles. The van der Waals surface area contributed by atoms with Crippen LogP contribution in [0.15, 0.2) is 42.5 Å². The fourth-order valence-electron chi connectivity index (χ4n) is 3.88. The third kappa shape index (κ3) is 2.68. The summed E-state index contributed by atoms with van der Waals surface area (Å²) < 4.78 is 49.4. The predicted octanol–water partition coefficient (Wildman–Crippen LogP) is 4.31. The molecule has 0 spiro atoms. The van der Waals surface area contributed by atoms with Gasteiger partial charge < -0.3 is 4.74 Å². The Morgan fingerprint density at radius 2 is 1.81 bits per heavy atom. The van der Waals surface area contributed by atoms with Gasteiger partial charge in [-0.25, -0.2) is 18.7 Å². The van der Waals surface area contributed by atoms with E-state index < -0.39 is 41.3 Å². The van der Waals surface area contributed by atoms with Crippen molar-refractivity contribution < 1.29 is 27.9 Å². The van der Waals surface area contributed by atoms with Crippen molar-refractivity contribution in [3.8, 4) is 5.75 Å². The molecular weight excluding hydrogens is 383 g/mol. The SMILES string of the molecule is O=C(NO)[C@]1(F)[C@H](c2ccccc2)[C@H]1c1cc(Cl)c2c(c1)C(F)(F)CCO2. The van der Waals surface area contributed by atoms with Crippen molar-refractivity contribution in [2.45, 2.75) is 29.8 Å². The van der Waals surface area contributed by atoms with Crippen LogP contribution in [0.25, 0.3) is 0 Å². The lowest BCUT2D eigenvalue weighted by Gasteiger charge is -2.27. The molecule has 142 valence electrons. The topological polar surface area (TPSA) is 58.6 Å². The summed E-state index contributed by atoms with van der Waals surface area (Å²) in [5.41, 5.74) is -0.873. The number of carbonyl (C=O) groups excluding carboxylic acids is 1. The lowest BCUT2D eigenvalue weighted by molar-refractivity contribution is -0.136. The smallest absolute Gasteiger partial charge is 0.282 e. The minimum Gasteiger partial charge on any atom is -0.491 e. The number of rotatable bonds is 3. The zero-order valence-electron chi connectivity index (χ0n) is 13.9. The summed E-state index contributed by atoms with van der Waals surface area (Å²) in [7, 11) is 0. The van der Waals surface area contributed by atoms with Crippen LogP contribution in [-0.4, -0.2) is 23.4 Å². The summed E-state index contributed by atoms with van der Waals surface area (Å²) in [6.07, 6.45) is -0.509. The van der Waals surface area contributed by atoms with Gasteiger partial charge in [0.05, 0.1) is 23.6 Å². The first-order valence-electron chi connectivity index (χ1n) is 8.33. The van der Waals surface area contributed by atoms with Crippen molar-refractivity contribution >= 4 is 17.5 Å². The van der Waals surface area contributed by atoms with Gasteiger partial charge in [0, 0.05) is 11.8 Å². The first kappa shape index (κ1) is 18.1. The maximum absolute atomic E-state index is 15.5. The molecule has 0 bridgehead atoms. The molecule has 1 fully saturated rings. The fraction of sp³-hybridized carbons (Fsp3) is 0.316. The van der Waals surface area contributed by atoms with Crippen LogP contribution >= 0.6 is 11.6 Å². The summed E-state index contributed by atoms with van der Waals surface area (Å²) in [6.45, 7) is -0.172. The van der Waals surface area contributed by atoms with Gasteiger partial charge in [-0.2, -0.15) is 0 Å². The van der Waals surface area contributed by atoms with Crippen LogP contribution in [0.4, 0.5) is 13.2 Å². The van der Waals surface area contributed by atoms with E-state index in [4.69, 9.17) is 21.5 Å². The van der Waals surface area contributed by atoms with Gasteiger partial charge in [0.15, 0.2) is 0 Å². The van der Waals surface area contributed by atoms with Gasteiger partial charge in [-0.3, -0.25) is 10.0 Å². The molecule has 0 saturated heterocycles. The van der Waals surface area contributed by atoms with Crippen LogP contribution in [0, 0.1) is 0 Å². The van der Waals surface area contributed by atoms with Crippen LogP contribution in [-0.2, 0) is 10.7 Å². The van der Waals surface area contributed by atoms with E-state index in [9.17, 15) is 13.6 Å². The van der Waals surface area contributed by atoms with Crippen molar-refractivity contribution in [2.24, 2.45) is 0 Å². The van der Waals surface area contributed by atoms with E-state index in [-0.39, 0.29) is 22.9 Å². The molecule has 4 nitrogen and oxygen atoms in total. The Labute approximate surface area is 157 Å². The summed E-state index contributed by atoms with van der Waals surface area (Å²) in [4.78, 5) is 12.0. The van der Waals surface area contributed by atoms with E-state index in [0.717, 1.165) is 6.07 Å². The van der Waals surface area contributed by atoms with Crippen LogP contribution in [0.2, 0.25) is 5.02 Å². The Balaban J connectivity index is 1.82. The third-order valence-electron chi connectivity index (χ3n) is 5.22. The van der Waals surface area contributed by atoms with E-state index in [2.05, 4.69) is 0 Å². The zero-order valence-corrected chi connectivity index (χ0v) is 14.6. The highest BCUT2D eigenvalue weighted by Crippen LogP contribution is 2.67. The molecule has 0 radical (unpaired) electrons. The molecule has 4 rings (SSSR count). The second-order valence-electron chi connectivity index (χ2n) is 6.76. The normalized spacial score (nSPS) is 28.0. The van der Waals surface area contributed by atoms with Crippen molar-refractivity contribution in [3.05, 3.63) is 64.2 Å². The highest BCUT2D eigenvalue weighted by Gasteiger charge is 2.72. The number of hydrogen-bond donors (Lipinski definition) is 2. The Morgan fingerprint density at radius 1 is 1.15 bits per heavy atom. The number of benzene rings is 2. The van der Waals surface area contributed by atoms with Crippen molar-refractivity contribution in [3.63, 3.8) is 0 Å². The largest absolute Gasteiger partial charge is 0.491 e. The van der Waals surface area contributed by atoms with Crippen molar-refractivity contribution in [1.82, 2.24) is 5.48 Å². The molecule has 1 amide bonds. The lowest BCUT2D eigenvalue weighted by atomic mass is 9.96. The minimum absolute atomic E-state index is 0.0626. The molecule has 0 unspecified atom stereocenters. The van der Waals surface area contributed by atoms with E-state index in [1.807, 2.05) is 0 Å². The first-order chi connectivity index (χ1) is 12.8. The van der Waals surface area contributed by atoms with Crippen LogP contribution in [0.5, 0.6) is 5.75 Å². The van der Waals surface area contributed by atoms with Crippen molar-refractivity contribution in [2.75, 3.05) is 6.61 Å². The van der Waals surface area contributed by atoms with Gasteiger partial charge in [-0.05, 0) is 23.3 Å². The molecule has 1 aliphatic carbocycles. The summed E-state index contributed by atoms with van der Waals surface area (Å²) in [6, 6.07) is 10.9.